The molecule has 2 heterocycles. The smallest absolute Gasteiger partial charge is 0.203 e. The zero-order chi connectivity index (χ0) is 12.3. The Morgan fingerprint density at radius 3 is 2.88 bits per heavy atom. The van der Waals surface area contributed by atoms with Gasteiger partial charge in [0.25, 0.3) is 0 Å². The molecule has 0 fully saturated rings. The minimum Gasteiger partial charge on any atom is -0.350 e. The second-order valence-corrected chi connectivity index (χ2v) is 4.50. The second-order valence-electron chi connectivity index (χ2n) is 4.50. The van der Waals surface area contributed by atoms with Crippen LogP contribution in [0.3, 0.4) is 0 Å². The van der Waals surface area contributed by atoms with Crippen molar-refractivity contribution >= 4 is 5.95 Å². The number of imidazole rings is 1. The molecular weight excluding hydrogens is 216 g/mol. The van der Waals surface area contributed by atoms with Gasteiger partial charge >= 0.3 is 0 Å². The molecule has 0 unspecified atom stereocenters. The third-order valence-corrected chi connectivity index (χ3v) is 2.51. The Bertz CT molecular complexity index is 470. The maximum Gasteiger partial charge on any atom is 0.203 e. The third kappa shape index (κ3) is 2.83. The lowest BCUT2D eigenvalue weighted by Crippen LogP contribution is -2.12. The van der Waals surface area contributed by atoms with E-state index in [9.17, 15) is 0 Å². The molecule has 6 nitrogen and oxygen atoms in total. The molecule has 2 rings (SSSR count). The van der Waals surface area contributed by atoms with E-state index in [0.29, 0.717) is 12.5 Å². The lowest BCUT2D eigenvalue weighted by atomic mass is 10.2. The minimum atomic E-state index is 0.600. The standard InChI is InChI=1S/C11H18N6/c1-9(2)8-17-5-4-12-11(17)13-6-10-7-14-15-16(10)3/h4-5,7,9H,6,8H2,1-3H3,(H,12,13). The predicted molar refractivity (Wildman–Crippen MR) is 65.4 cm³/mol. The monoisotopic (exact) mass is 234 g/mol. The summed E-state index contributed by atoms with van der Waals surface area (Å²) >= 11 is 0. The van der Waals surface area contributed by atoms with Gasteiger partial charge in [-0.05, 0) is 5.92 Å². The van der Waals surface area contributed by atoms with Gasteiger partial charge in [-0.15, -0.1) is 5.10 Å². The van der Waals surface area contributed by atoms with E-state index in [-0.39, 0.29) is 0 Å². The first-order valence-electron chi connectivity index (χ1n) is 5.75. The van der Waals surface area contributed by atoms with Crippen molar-refractivity contribution < 1.29 is 0 Å². The largest absolute Gasteiger partial charge is 0.350 e. The van der Waals surface area contributed by atoms with E-state index in [1.165, 1.54) is 0 Å². The highest BCUT2D eigenvalue weighted by Gasteiger charge is 2.05. The normalized spacial score (nSPS) is 11.1. The Balaban J connectivity index is 1.99. The number of anilines is 1. The van der Waals surface area contributed by atoms with Crippen molar-refractivity contribution in [1.29, 1.82) is 0 Å². The highest BCUT2D eigenvalue weighted by Crippen LogP contribution is 2.09. The summed E-state index contributed by atoms with van der Waals surface area (Å²) < 4.78 is 3.87. The summed E-state index contributed by atoms with van der Waals surface area (Å²) in [5, 5.41) is 11.0. The molecule has 0 bridgehead atoms. The van der Waals surface area contributed by atoms with Crippen LogP contribution in [-0.2, 0) is 20.1 Å². The average molecular weight is 234 g/mol. The minimum absolute atomic E-state index is 0.600. The average Bonchev–Trinajstić information content (AvgIpc) is 2.84. The summed E-state index contributed by atoms with van der Waals surface area (Å²) in [5.74, 6) is 1.49. The molecule has 1 N–H and O–H groups in total. The van der Waals surface area contributed by atoms with Crippen LogP contribution in [0.15, 0.2) is 18.6 Å². The van der Waals surface area contributed by atoms with E-state index in [2.05, 4.69) is 39.0 Å². The van der Waals surface area contributed by atoms with Crippen molar-refractivity contribution in [2.24, 2.45) is 13.0 Å². The summed E-state index contributed by atoms with van der Waals surface area (Å²) in [6.45, 7) is 6.02. The third-order valence-electron chi connectivity index (χ3n) is 2.51. The van der Waals surface area contributed by atoms with Gasteiger partial charge in [-0.2, -0.15) is 0 Å². The maximum atomic E-state index is 4.30. The number of aromatic nitrogens is 5. The van der Waals surface area contributed by atoms with Crippen LogP contribution in [0, 0.1) is 5.92 Å². The molecule has 0 radical (unpaired) electrons. The van der Waals surface area contributed by atoms with Crippen molar-refractivity contribution in [2.75, 3.05) is 5.32 Å². The molecule has 0 saturated carbocycles. The topological polar surface area (TPSA) is 60.6 Å². The molecule has 0 amide bonds. The van der Waals surface area contributed by atoms with E-state index < -0.39 is 0 Å². The number of aryl methyl sites for hydroxylation is 1. The van der Waals surface area contributed by atoms with Crippen LogP contribution in [0.5, 0.6) is 0 Å². The molecular formula is C11H18N6. The van der Waals surface area contributed by atoms with Gasteiger partial charge in [-0.3, -0.25) is 4.68 Å². The van der Waals surface area contributed by atoms with Crippen molar-refractivity contribution in [1.82, 2.24) is 24.5 Å². The van der Waals surface area contributed by atoms with E-state index in [1.807, 2.05) is 19.4 Å². The lowest BCUT2D eigenvalue weighted by Gasteiger charge is -2.11. The second kappa shape index (κ2) is 4.99. The molecule has 6 heteroatoms. The molecule has 0 aliphatic rings. The molecule has 0 aliphatic heterocycles. The fourth-order valence-electron chi connectivity index (χ4n) is 1.66. The van der Waals surface area contributed by atoms with E-state index >= 15 is 0 Å². The number of hydrogen-bond donors (Lipinski definition) is 1. The predicted octanol–water partition coefficient (Wildman–Crippen LogP) is 1.28. The van der Waals surface area contributed by atoms with Crippen LogP contribution in [0.4, 0.5) is 5.95 Å². The molecule has 92 valence electrons. The van der Waals surface area contributed by atoms with Crippen molar-refractivity contribution in [3.8, 4) is 0 Å². The Labute approximate surface area is 101 Å². The Morgan fingerprint density at radius 2 is 2.24 bits per heavy atom. The molecule has 2 aromatic rings. The zero-order valence-electron chi connectivity index (χ0n) is 10.5. The SMILES string of the molecule is CC(C)Cn1ccnc1NCc1cnnn1C. The number of rotatable bonds is 5. The van der Waals surface area contributed by atoms with Gasteiger partial charge in [-0.1, -0.05) is 19.1 Å². The van der Waals surface area contributed by atoms with Crippen molar-refractivity contribution in [3.63, 3.8) is 0 Å². The molecule has 0 aliphatic carbocycles. The summed E-state index contributed by atoms with van der Waals surface area (Å²) in [5.41, 5.74) is 1.03. The van der Waals surface area contributed by atoms with Crippen molar-refractivity contribution in [3.05, 3.63) is 24.3 Å². The maximum absolute atomic E-state index is 4.30. The number of nitrogens with one attached hydrogen (secondary N) is 1. The van der Waals surface area contributed by atoms with Crippen molar-refractivity contribution in [2.45, 2.75) is 26.9 Å². The molecule has 0 atom stereocenters. The van der Waals surface area contributed by atoms with Gasteiger partial charge in [0.05, 0.1) is 18.4 Å². The molecule has 17 heavy (non-hydrogen) atoms. The van der Waals surface area contributed by atoms with Crippen LogP contribution >= 0.6 is 0 Å². The molecule has 0 aromatic carbocycles. The molecule has 0 spiro atoms. The van der Waals surface area contributed by atoms with E-state index in [0.717, 1.165) is 18.2 Å². The van der Waals surface area contributed by atoms with E-state index in [1.54, 1.807) is 10.9 Å². The van der Waals surface area contributed by atoms with Gasteiger partial charge in [0.15, 0.2) is 0 Å². The van der Waals surface area contributed by atoms with Crippen LogP contribution in [0.25, 0.3) is 0 Å². The number of nitrogens with zero attached hydrogens (tertiary/aromatic N) is 5. The van der Waals surface area contributed by atoms with Gasteiger partial charge in [0, 0.05) is 26.0 Å². The first-order valence-corrected chi connectivity index (χ1v) is 5.75. The quantitative estimate of drug-likeness (QED) is 0.846. The lowest BCUT2D eigenvalue weighted by molar-refractivity contribution is 0.526. The van der Waals surface area contributed by atoms with E-state index in [4.69, 9.17) is 0 Å². The Hall–Kier alpha value is -1.85. The fourth-order valence-corrected chi connectivity index (χ4v) is 1.66. The highest BCUT2D eigenvalue weighted by atomic mass is 15.4. The Morgan fingerprint density at radius 1 is 1.41 bits per heavy atom. The van der Waals surface area contributed by atoms with Gasteiger partial charge in [0.2, 0.25) is 5.95 Å². The molecule has 0 saturated heterocycles. The summed E-state index contributed by atoms with van der Waals surface area (Å²) in [6, 6.07) is 0. The summed E-state index contributed by atoms with van der Waals surface area (Å²) in [7, 11) is 1.88. The Kier molecular flexibility index (Phi) is 3.41. The van der Waals surface area contributed by atoms with Gasteiger partial charge in [-0.25, -0.2) is 4.98 Å². The van der Waals surface area contributed by atoms with Gasteiger partial charge in [0.1, 0.15) is 0 Å². The first kappa shape index (κ1) is 11.6. The van der Waals surface area contributed by atoms with Crippen LogP contribution < -0.4 is 5.32 Å². The zero-order valence-corrected chi connectivity index (χ0v) is 10.5. The van der Waals surface area contributed by atoms with Crippen LogP contribution in [0.2, 0.25) is 0 Å². The molecule has 2 aromatic heterocycles. The fraction of sp³-hybridized carbons (Fsp3) is 0.545. The highest BCUT2D eigenvalue weighted by molar-refractivity contribution is 5.26. The first-order chi connectivity index (χ1) is 8.16. The van der Waals surface area contributed by atoms with Crippen LogP contribution in [-0.4, -0.2) is 24.5 Å². The number of hydrogen-bond acceptors (Lipinski definition) is 4. The van der Waals surface area contributed by atoms with Gasteiger partial charge < -0.3 is 9.88 Å². The summed E-state index contributed by atoms with van der Waals surface area (Å²) in [6.07, 6.45) is 5.55. The van der Waals surface area contributed by atoms with Crippen LogP contribution in [0.1, 0.15) is 19.5 Å². The summed E-state index contributed by atoms with van der Waals surface area (Å²) in [4.78, 5) is 4.30.